The van der Waals surface area contributed by atoms with Gasteiger partial charge in [-0.25, -0.2) is 9.80 Å². The SMILES string of the molecule is O=C1C=CC(=O)N1c1ccc(Oc2ccccc2Oc2ccc(N3C(=O)C=CC3=O)cc2C(F)(F)F)c(C(F)(F)F)c1. The van der Waals surface area contributed by atoms with Crippen molar-refractivity contribution >= 4 is 35.0 Å². The van der Waals surface area contributed by atoms with E-state index in [1.165, 1.54) is 12.1 Å². The maximum Gasteiger partial charge on any atom is 0.420 e. The molecule has 0 bridgehead atoms. The Kier molecular flexibility index (Phi) is 6.84. The van der Waals surface area contributed by atoms with Crippen molar-refractivity contribution in [1.29, 1.82) is 0 Å². The fourth-order valence-electron chi connectivity index (χ4n) is 4.10. The molecule has 2 heterocycles. The zero-order valence-corrected chi connectivity index (χ0v) is 20.7. The van der Waals surface area contributed by atoms with Crippen LogP contribution in [0.5, 0.6) is 23.0 Å². The van der Waals surface area contributed by atoms with Crippen LogP contribution in [0.25, 0.3) is 0 Å². The summed E-state index contributed by atoms with van der Waals surface area (Å²) in [6.45, 7) is 0. The van der Waals surface area contributed by atoms with Crippen LogP contribution in [0.2, 0.25) is 0 Å². The van der Waals surface area contributed by atoms with E-state index in [9.17, 15) is 45.5 Å². The number of halogens is 6. The first kappa shape index (κ1) is 28.1. The third-order valence-corrected chi connectivity index (χ3v) is 5.96. The molecule has 0 atom stereocenters. The highest BCUT2D eigenvalue weighted by Gasteiger charge is 2.38. The van der Waals surface area contributed by atoms with Crippen molar-refractivity contribution in [2.45, 2.75) is 12.4 Å². The van der Waals surface area contributed by atoms with Gasteiger partial charge in [-0.15, -0.1) is 0 Å². The smallest absolute Gasteiger partial charge is 0.420 e. The molecule has 5 rings (SSSR count). The van der Waals surface area contributed by atoms with Crippen molar-refractivity contribution in [1.82, 2.24) is 0 Å². The minimum atomic E-state index is -5.03. The predicted molar refractivity (Wildman–Crippen MR) is 133 cm³/mol. The Hall–Kier alpha value is -5.40. The average Bonchev–Trinajstić information content (AvgIpc) is 3.43. The molecule has 0 N–H and O–H groups in total. The molecular weight excluding hydrogens is 574 g/mol. The van der Waals surface area contributed by atoms with Gasteiger partial charge in [0.25, 0.3) is 23.6 Å². The lowest BCUT2D eigenvalue weighted by Crippen LogP contribution is -2.29. The molecule has 0 spiro atoms. The Morgan fingerprint density at radius 1 is 0.476 bits per heavy atom. The molecule has 0 saturated heterocycles. The lowest BCUT2D eigenvalue weighted by atomic mass is 10.1. The van der Waals surface area contributed by atoms with E-state index in [2.05, 4.69) is 0 Å². The van der Waals surface area contributed by atoms with Gasteiger partial charge in [0, 0.05) is 24.3 Å². The zero-order valence-electron chi connectivity index (χ0n) is 20.7. The van der Waals surface area contributed by atoms with Gasteiger partial charge in [-0.05, 0) is 48.5 Å². The fourth-order valence-corrected chi connectivity index (χ4v) is 4.10. The Morgan fingerprint density at radius 3 is 1.12 bits per heavy atom. The van der Waals surface area contributed by atoms with Crippen molar-refractivity contribution in [2.75, 3.05) is 9.80 Å². The third-order valence-electron chi connectivity index (χ3n) is 5.96. The molecule has 3 aromatic carbocycles. The standard InChI is InChI=1S/C28H14F6N2O6/c29-27(30,31)17-13-15(35-23(37)9-10-24(35)38)5-7-19(17)41-21-3-1-2-4-22(21)42-20-8-6-16(14-18(20)28(32,33)34)36-25(39)11-12-26(36)40/h1-14H. The van der Waals surface area contributed by atoms with Crippen LogP contribution in [0.1, 0.15) is 11.1 Å². The van der Waals surface area contributed by atoms with E-state index in [0.717, 1.165) is 60.7 Å². The van der Waals surface area contributed by atoms with E-state index in [-0.39, 0.29) is 11.4 Å². The maximum atomic E-state index is 14.0. The number of nitrogens with zero attached hydrogens (tertiary/aromatic N) is 2. The van der Waals surface area contributed by atoms with Crippen LogP contribution in [-0.4, -0.2) is 23.6 Å². The molecule has 0 fully saturated rings. The monoisotopic (exact) mass is 588 g/mol. The summed E-state index contributed by atoms with van der Waals surface area (Å²) < 4.78 is 94.7. The zero-order chi connectivity index (χ0) is 30.4. The third kappa shape index (κ3) is 5.33. The highest BCUT2D eigenvalue weighted by Crippen LogP contribution is 2.45. The first-order valence-electron chi connectivity index (χ1n) is 11.7. The van der Waals surface area contributed by atoms with E-state index in [1.807, 2.05) is 0 Å². The second kappa shape index (κ2) is 10.2. The molecule has 214 valence electrons. The number of hydrogen-bond donors (Lipinski definition) is 0. The summed E-state index contributed by atoms with van der Waals surface area (Å²) in [5, 5.41) is 0. The number of amides is 4. The molecule has 8 nitrogen and oxygen atoms in total. The van der Waals surface area contributed by atoms with Crippen molar-refractivity contribution in [3.8, 4) is 23.0 Å². The number of benzene rings is 3. The second-order valence-corrected chi connectivity index (χ2v) is 8.70. The molecular formula is C28H14F6N2O6. The molecule has 0 aromatic heterocycles. The van der Waals surface area contributed by atoms with Crippen molar-refractivity contribution in [2.24, 2.45) is 0 Å². The van der Waals surface area contributed by atoms with Gasteiger partial charge in [0.2, 0.25) is 0 Å². The Labute approximate surface area is 231 Å². The van der Waals surface area contributed by atoms with E-state index in [1.54, 1.807) is 0 Å². The number of carbonyl (C=O) groups is 4. The minimum absolute atomic E-state index is 0.376. The number of carbonyl (C=O) groups excluding carboxylic acids is 4. The summed E-state index contributed by atoms with van der Waals surface area (Å²) >= 11 is 0. The minimum Gasteiger partial charge on any atom is -0.453 e. The first-order chi connectivity index (χ1) is 19.7. The first-order valence-corrected chi connectivity index (χ1v) is 11.7. The van der Waals surface area contributed by atoms with Crippen LogP contribution in [0.3, 0.4) is 0 Å². The topological polar surface area (TPSA) is 93.2 Å². The molecule has 3 aromatic rings. The summed E-state index contributed by atoms with van der Waals surface area (Å²) in [4.78, 5) is 48.8. The molecule has 4 amide bonds. The summed E-state index contributed by atoms with van der Waals surface area (Å²) in [7, 11) is 0. The van der Waals surface area contributed by atoms with Crippen molar-refractivity contribution in [3.05, 3.63) is 96.1 Å². The van der Waals surface area contributed by atoms with Gasteiger partial charge in [0.05, 0.1) is 11.4 Å². The van der Waals surface area contributed by atoms with Crippen LogP contribution in [0.15, 0.2) is 85.0 Å². The normalized spacial score (nSPS) is 15.3. The molecule has 2 aliphatic heterocycles. The molecule has 0 radical (unpaired) electrons. The Balaban J connectivity index is 1.50. The fraction of sp³-hybridized carbons (Fsp3) is 0.0714. The number of alkyl halides is 6. The van der Waals surface area contributed by atoms with Gasteiger partial charge in [0.1, 0.15) is 22.6 Å². The highest BCUT2D eigenvalue weighted by molar-refractivity contribution is 6.28. The lowest BCUT2D eigenvalue weighted by molar-refractivity contribution is -0.139. The van der Waals surface area contributed by atoms with Crippen LogP contribution in [-0.2, 0) is 31.5 Å². The number of para-hydroxylation sites is 2. The molecule has 42 heavy (non-hydrogen) atoms. The number of rotatable bonds is 6. The molecule has 2 aliphatic rings. The van der Waals surface area contributed by atoms with Crippen molar-refractivity contribution in [3.63, 3.8) is 0 Å². The quantitative estimate of drug-likeness (QED) is 0.253. The average molecular weight is 588 g/mol. The van der Waals surface area contributed by atoms with Crippen LogP contribution < -0.4 is 19.3 Å². The van der Waals surface area contributed by atoms with Gasteiger partial charge < -0.3 is 9.47 Å². The highest BCUT2D eigenvalue weighted by atomic mass is 19.4. The Bertz CT molecular complexity index is 1550. The largest absolute Gasteiger partial charge is 0.453 e. The van der Waals surface area contributed by atoms with Gasteiger partial charge in [-0.1, -0.05) is 12.1 Å². The summed E-state index contributed by atoms with van der Waals surface area (Å²) in [6.07, 6.45) is -6.47. The number of imide groups is 2. The molecule has 14 heteroatoms. The summed E-state index contributed by atoms with van der Waals surface area (Å²) in [6, 6.07) is 9.79. The van der Waals surface area contributed by atoms with Crippen LogP contribution >= 0.6 is 0 Å². The van der Waals surface area contributed by atoms with E-state index in [4.69, 9.17) is 9.47 Å². The van der Waals surface area contributed by atoms with Crippen molar-refractivity contribution < 1.29 is 55.0 Å². The van der Waals surface area contributed by atoms with Gasteiger partial charge in [-0.3, -0.25) is 19.2 Å². The van der Waals surface area contributed by atoms with Gasteiger partial charge in [-0.2, -0.15) is 26.3 Å². The van der Waals surface area contributed by atoms with Gasteiger partial charge >= 0.3 is 12.4 Å². The molecule has 0 aliphatic carbocycles. The Morgan fingerprint density at radius 2 is 0.810 bits per heavy atom. The molecule has 0 unspecified atom stereocenters. The van der Waals surface area contributed by atoms with Gasteiger partial charge in [0.15, 0.2) is 11.5 Å². The lowest BCUT2D eigenvalue weighted by Gasteiger charge is -2.21. The summed E-state index contributed by atoms with van der Waals surface area (Å²) in [5.74, 6) is -5.78. The number of anilines is 2. The molecule has 0 saturated carbocycles. The number of hydrogen-bond acceptors (Lipinski definition) is 6. The van der Waals surface area contributed by atoms with E-state index in [0.29, 0.717) is 21.9 Å². The predicted octanol–water partition coefficient (Wildman–Crippen LogP) is 6.17. The summed E-state index contributed by atoms with van der Waals surface area (Å²) in [5.41, 5.74) is -3.51. The van der Waals surface area contributed by atoms with Crippen LogP contribution in [0.4, 0.5) is 37.7 Å². The number of ether oxygens (including phenoxy) is 2. The maximum absolute atomic E-state index is 14.0. The van der Waals surface area contributed by atoms with Crippen LogP contribution in [0, 0.1) is 0 Å². The van der Waals surface area contributed by atoms with E-state index < -0.39 is 70.1 Å². The second-order valence-electron chi connectivity index (χ2n) is 8.70. The van der Waals surface area contributed by atoms with E-state index >= 15 is 0 Å².